The SMILES string of the molecule is Cc1nn(CC(C)C)c(C)c1CC(=O)NC(C)c1ccccc1. The van der Waals surface area contributed by atoms with Crippen LogP contribution in [-0.2, 0) is 17.8 Å². The number of aromatic nitrogens is 2. The number of amides is 1. The molecule has 1 heterocycles. The van der Waals surface area contributed by atoms with Gasteiger partial charge in [0.15, 0.2) is 0 Å². The summed E-state index contributed by atoms with van der Waals surface area (Å²) in [6.45, 7) is 11.3. The molecule has 0 spiro atoms. The Bertz CT molecular complexity index is 659. The molecule has 1 amide bonds. The quantitative estimate of drug-likeness (QED) is 0.886. The van der Waals surface area contributed by atoms with Gasteiger partial charge in [-0.05, 0) is 32.3 Å². The Morgan fingerprint density at radius 1 is 1.17 bits per heavy atom. The molecule has 2 aromatic rings. The van der Waals surface area contributed by atoms with E-state index >= 15 is 0 Å². The molecule has 1 aromatic carbocycles. The number of nitrogens with zero attached hydrogens (tertiary/aromatic N) is 2. The van der Waals surface area contributed by atoms with Crippen molar-refractivity contribution in [3.05, 3.63) is 52.8 Å². The van der Waals surface area contributed by atoms with Crippen LogP contribution in [0, 0.1) is 19.8 Å². The van der Waals surface area contributed by atoms with Crippen LogP contribution in [0.5, 0.6) is 0 Å². The highest BCUT2D eigenvalue weighted by atomic mass is 16.1. The van der Waals surface area contributed by atoms with Gasteiger partial charge in [-0.2, -0.15) is 5.10 Å². The fourth-order valence-electron chi connectivity index (χ4n) is 2.79. The second-order valence-electron chi connectivity index (χ2n) is 6.60. The highest BCUT2D eigenvalue weighted by Crippen LogP contribution is 2.17. The number of carbonyl (C=O) groups is 1. The molecule has 1 unspecified atom stereocenters. The van der Waals surface area contributed by atoms with Crippen molar-refractivity contribution in [1.82, 2.24) is 15.1 Å². The van der Waals surface area contributed by atoms with Gasteiger partial charge in [0.25, 0.3) is 0 Å². The number of carbonyl (C=O) groups excluding carboxylic acids is 1. The molecule has 0 saturated heterocycles. The summed E-state index contributed by atoms with van der Waals surface area (Å²) in [5.74, 6) is 0.574. The van der Waals surface area contributed by atoms with Gasteiger partial charge in [-0.3, -0.25) is 9.48 Å². The van der Waals surface area contributed by atoms with E-state index in [0.717, 1.165) is 29.1 Å². The minimum Gasteiger partial charge on any atom is -0.349 e. The van der Waals surface area contributed by atoms with E-state index in [1.165, 1.54) is 0 Å². The molecule has 4 nitrogen and oxygen atoms in total. The Labute approximate surface area is 138 Å². The fourth-order valence-corrected chi connectivity index (χ4v) is 2.79. The number of nitrogens with one attached hydrogen (secondary N) is 1. The minimum absolute atomic E-state index is 0.00928. The summed E-state index contributed by atoms with van der Waals surface area (Å²) in [5.41, 5.74) is 4.21. The largest absolute Gasteiger partial charge is 0.349 e. The van der Waals surface area contributed by atoms with E-state index in [1.807, 2.05) is 55.8 Å². The third-order valence-electron chi connectivity index (χ3n) is 4.08. The lowest BCUT2D eigenvalue weighted by atomic mass is 10.1. The molecular weight excluding hydrogens is 286 g/mol. The number of aryl methyl sites for hydroxylation is 1. The standard InChI is InChI=1S/C19H27N3O/c1-13(2)12-22-16(5)18(15(4)21-22)11-19(23)20-14(3)17-9-7-6-8-10-17/h6-10,13-14H,11-12H2,1-5H3,(H,20,23). The van der Waals surface area contributed by atoms with Gasteiger partial charge in [0.2, 0.25) is 5.91 Å². The molecule has 1 atom stereocenters. The Morgan fingerprint density at radius 3 is 2.43 bits per heavy atom. The predicted molar refractivity (Wildman–Crippen MR) is 93.2 cm³/mol. The van der Waals surface area contributed by atoms with Crippen molar-refractivity contribution >= 4 is 5.91 Å². The Balaban J connectivity index is 2.04. The van der Waals surface area contributed by atoms with E-state index in [0.29, 0.717) is 12.3 Å². The summed E-state index contributed by atoms with van der Waals surface area (Å²) in [6.07, 6.45) is 0.382. The summed E-state index contributed by atoms with van der Waals surface area (Å²) in [6, 6.07) is 10.0. The first kappa shape index (κ1) is 17.3. The van der Waals surface area contributed by atoms with Crippen molar-refractivity contribution in [2.75, 3.05) is 0 Å². The van der Waals surface area contributed by atoms with Crippen LogP contribution in [0.3, 0.4) is 0 Å². The lowest BCUT2D eigenvalue weighted by molar-refractivity contribution is -0.121. The van der Waals surface area contributed by atoms with Crippen molar-refractivity contribution in [3.63, 3.8) is 0 Å². The Morgan fingerprint density at radius 2 is 1.83 bits per heavy atom. The van der Waals surface area contributed by atoms with Crippen LogP contribution in [0.2, 0.25) is 0 Å². The van der Waals surface area contributed by atoms with Gasteiger partial charge in [-0.25, -0.2) is 0 Å². The minimum atomic E-state index is 0.00928. The van der Waals surface area contributed by atoms with Crippen LogP contribution in [0.15, 0.2) is 30.3 Å². The molecule has 0 aliphatic heterocycles. The highest BCUT2D eigenvalue weighted by molar-refractivity contribution is 5.79. The first-order valence-electron chi connectivity index (χ1n) is 8.25. The zero-order valence-electron chi connectivity index (χ0n) is 14.8. The lowest BCUT2D eigenvalue weighted by Crippen LogP contribution is -2.28. The van der Waals surface area contributed by atoms with Crippen molar-refractivity contribution < 1.29 is 4.79 Å². The molecular formula is C19H27N3O. The van der Waals surface area contributed by atoms with Crippen molar-refractivity contribution in [2.45, 2.75) is 53.6 Å². The lowest BCUT2D eigenvalue weighted by Gasteiger charge is -2.14. The van der Waals surface area contributed by atoms with Crippen LogP contribution in [-0.4, -0.2) is 15.7 Å². The zero-order valence-corrected chi connectivity index (χ0v) is 14.8. The molecule has 23 heavy (non-hydrogen) atoms. The van der Waals surface area contributed by atoms with E-state index < -0.39 is 0 Å². The average molecular weight is 313 g/mol. The summed E-state index contributed by atoms with van der Waals surface area (Å²) >= 11 is 0. The molecule has 124 valence electrons. The third-order valence-corrected chi connectivity index (χ3v) is 4.08. The maximum atomic E-state index is 12.4. The molecule has 2 rings (SSSR count). The number of hydrogen-bond acceptors (Lipinski definition) is 2. The molecule has 1 N–H and O–H groups in total. The van der Waals surface area contributed by atoms with Crippen molar-refractivity contribution in [1.29, 1.82) is 0 Å². The van der Waals surface area contributed by atoms with E-state index in [2.05, 4.69) is 24.3 Å². The second kappa shape index (κ2) is 7.44. The normalized spacial score (nSPS) is 12.4. The average Bonchev–Trinajstić information content (AvgIpc) is 2.75. The predicted octanol–water partition coefficient (Wildman–Crippen LogP) is 3.58. The number of rotatable bonds is 6. The molecule has 0 aliphatic carbocycles. The molecule has 0 aliphatic rings. The van der Waals surface area contributed by atoms with Gasteiger partial charge in [0.05, 0.1) is 18.2 Å². The van der Waals surface area contributed by atoms with Crippen molar-refractivity contribution in [2.24, 2.45) is 5.92 Å². The first-order chi connectivity index (χ1) is 10.9. The van der Waals surface area contributed by atoms with Crippen LogP contribution in [0.1, 0.15) is 49.3 Å². The van der Waals surface area contributed by atoms with Gasteiger partial charge in [-0.1, -0.05) is 44.2 Å². The van der Waals surface area contributed by atoms with Crippen LogP contribution < -0.4 is 5.32 Å². The summed E-state index contributed by atoms with van der Waals surface area (Å²) in [7, 11) is 0. The molecule has 4 heteroatoms. The molecule has 0 saturated carbocycles. The summed E-state index contributed by atoms with van der Waals surface area (Å²) < 4.78 is 2.02. The maximum absolute atomic E-state index is 12.4. The van der Waals surface area contributed by atoms with E-state index in [-0.39, 0.29) is 11.9 Å². The Kier molecular flexibility index (Phi) is 5.59. The van der Waals surface area contributed by atoms with Gasteiger partial charge in [0.1, 0.15) is 0 Å². The molecule has 0 radical (unpaired) electrons. The zero-order chi connectivity index (χ0) is 17.0. The van der Waals surface area contributed by atoms with E-state index in [1.54, 1.807) is 0 Å². The third kappa shape index (κ3) is 4.44. The fraction of sp³-hybridized carbons (Fsp3) is 0.474. The van der Waals surface area contributed by atoms with E-state index in [4.69, 9.17) is 0 Å². The number of benzene rings is 1. The maximum Gasteiger partial charge on any atom is 0.225 e. The van der Waals surface area contributed by atoms with Crippen molar-refractivity contribution in [3.8, 4) is 0 Å². The summed E-state index contributed by atoms with van der Waals surface area (Å²) in [5, 5.41) is 7.65. The monoisotopic (exact) mass is 313 g/mol. The van der Waals surface area contributed by atoms with Gasteiger partial charge in [-0.15, -0.1) is 0 Å². The van der Waals surface area contributed by atoms with Crippen LogP contribution >= 0.6 is 0 Å². The second-order valence-corrected chi connectivity index (χ2v) is 6.60. The first-order valence-corrected chi connectivity index (χ1v) is 8.25. The summed E-state index contributed by atoms with van der Waals surface area (Å²) in [4.78, 5) is 12.4. The van der Waals surface area contributed by atoms with Crippen LogP contribution in [0.25, 0.3) is 0 Å². The number of hydrogen-bond donors (Lipinski definition) is 1. The molecule has 0 fully saturated rings. The van der Waals surface area contributed by atoms with Gasteiger partial charge >= 0.3 is 0 Å². The molecule has 1 aromatic heterocycles. The topological polar surface area (TPSA) is 46.9 Å². The smallest absolute Gasteiger partial charge is 0.225 e. The van der Waals surface area contributed by atoms with E-state index in [9.17, 15) is 4.79 Å². The van der Waals surface area contributed by atoms with Crippen LogP contribution in [0.4, 0.5) is 0 Å². The van der Waals surface area contributed by atoms with Gasteiger partial charge < -0.3 is 5.32 Å². The Hall–Kier alpha value is -2.10. The highest BCUT2D eigenvalue weighted by Gasteiger charge is 2.17. The molecule has 0 bridgehead atoms. The van der Waals surface area contributed by atoms with Gasteiger partial charge in [0, 0.05) is 17.8 Å².